The van der Waals surface area contributed by atoms with Gasteiger partial charge in [-0.3, -0.25) is 14.3 Å². The lowest BCUT2D eigenvalue weighted by Gasteiger charge is -2.17. The molecule has 10 nitrogen and oxygen atoms in total. The van der Waals surface area contributed by atoms with Crippen molar-refractivity contribution in [2.75, 3.05) is 18.4 Å². The molecule has 0 saturated carbocycles. The molecule has 12 heteroatoms. The van der Waals surface area contributed by atoms with Crippen molar-refractivity contribution >= 4 is 39.2 Å². The molecular weight excluding hydrogens is 520 g/mol. The van der Waals surface area contributed by atoms with E-state index < -0.39 is 33.6 Å². The highest BCUT2D eigenvalue weighted by Gasteiger charge is 2.30. The molecule has 0 aliphatic carbocycles. The summed E-state index contributed by atoms with van der Waals surface area (Å²) in [7, 11) is -2.18. The number of esters is 1. The SMILES string of the molecule is Cc1c(NC(=O)C(C)OC(=O)c2ccc(Cl)c(S(=O)(=O)N3CCCC3)c2)c(=O)n(-c2ccccc2)n1C. The largest absolute Gasteiger partial charge is 0.449 e. The second-order valence-corrected chi connectivity index (χ2v) is 11.0. The zero-order valence-electron chi connectivity index (χ0n) is 20.6. The van der Waals surface area contributed by atoms with Crippen LogP contribution in [-0.4, -0.2) is 53.2 Å². The molecule has 0 radical (unpaired) electrons. The van der Waals surface area contributed by atoms with E-state index in [2.05, 4.69) is 5.32 Å². The van der Waals surface area contributed by atoms with Crippen LogP contribution in [0.25, 0.3) is 5.69 Å². The number of para-hydroxylation sites is 1. The van der Waals surface area contributed by atoms with E-state index in [9.17, 15) is 22.8 Å². The summed E-state index contributed by atoms with van der Waals surface area (Å²) in [5.41, 5.74) is 0.692. The number of sulfonamides is 1. The monoisotopic (exact) mass is 546 g/mol. The number of rotatable bonds is 7. The van der Waals surface area contributed by atoms with Gasteiger partial charge in [0.2, 0.25) is 10.0 Å². The summed E-state index contributed by atoms with van der Waals surface area (Å²) in [6, 6.07) is 12.7. The summed E-state index contributed by atoms with van der Waals surface area (Å²) in [6.45, 7) is 3.81. The Hall–Kier alpha value is -3.41. The maximum atomic E-state index is 13.0. The van der Waals surface area contributed by atoms with Gasteiger partial charge in [-0.1, -0.05) is 29.8 Å². The van der Waals surface area contributed by atoms with E-state index in [1.165, 1.54) is 28.0 Å². The Labute approximate surface area is 219 Å². The Morgan fingerprint density at radius 3 is 2.38 bits per heavy atom. The van der Waals surface area contributed by atoms with Crippen LogP contribution in [0.15, 0.2) is 58.2 Å². The fourth-order valence-electron chi connectivity index (χ4n) is 4.11. The molecule has 2 heterocycles. The number of benzene rings is 2. The first-order valence-electron chi connectivity index (χ1n) is 11.7. The summed E-state index contributed by atoms with van der Waals surface area (Å²) in [4.78, 5) is 38.4. The van der Waals surface area contributed by atoms with Crippen molar-refractivity contribution in [2.24, 2.45) is 7.05 Å². The van der Waals surface area contributed by atoms with E-state index >= 15 is 0 Å². The van der Waals surface area contributed by atoms with Crippen molar-refractivity contribution in [2.45, 2.75) is 37.7 Å². The Morgan fingerprint density at radius 1 is 1.08 bits per heavy atom. The van der Waals surface area contributed by atoms with E-state index in [4.69, 9.17) is 16.3 Å². The van der Waals surface area contributed by atoms with Gasteiger partial charge in [0, 0.05) is 20.1 Å². The minimum absolute atomic E-state index is 0.0107. The average Bonchev–Trinajstić information content (AvgIpc) is 3.49. The van der Waals surface area contributed by atoms with E-state index in [-0.39, 0.29) is 21.2 Å². The van der Waals surface area contributed by atoms with Crippen LogP contribution in [0.1, 0.15) is 35.8 Å². The van der Waals surface area contributed by atoms with E-state index in [1.54, 1.807) is 42.9 Å². The minimum atomic E-state index is -3.87. The summed E-state index contributed by atoms with van der Waals surface area (Å²) >= 11 is 6.14. The zero-order chi connectivity index (χ0) is 26.9. The van der Waals surface area contributed by atoms with E-state index in [0.29, 0.717) is 24.5 Å². The van der Waals surface area contributed by atoms with E-state index in [0.717, 1.165) is 18.9 Å². The van der Waals surface area contributed by atoms with Gasteiger partial charge in [-0.05, 0) is 57.0 Å². The second-order valence-electron chi connectivity index (χ2n) is 8.73. The fraction of sp³-hybridized carbons (Fsp3) is 0.320. The topological polar surface area (TPSA) is 120 Å². The quantitative estimate of drug-likeness (QED) is 0.455. The number of nitrogens with one attached hydrogen (secondary N) is 1. The van der Waals surface area contributed by atoms with Crippen molar-refractivity contribution in [1.29, 1.82) is 0 Å². The Balaban J connectivity index is 1.51. The van der Waals surface area contributed by atoms with E-state index in [1.807, 2.05) is 6.07 Å². The summed E-state index contributed by atoms with van der Waals surface area (Å²) < 4.78 is 35.5. The second kappa shape index (κ2) is 10.5. The molecule has 1 N–H and O–H groups in total. The molecular formula is C25H27ClN4O6S. The van der Waals surface area contributed by atoms with Crippen LogP contribution in [0, 0.1) is 6.92 Å². The highest BCUT2D eigenvalue weighted by molar-refractivity contribution is 7.89. The molecule has 1 aliphatic rings. The summed E-state index contributed by atoms with van der Waals surface area (Å²) in [5.74, 6) is -1.61. The first kappa shape index (κ1) is 26.6. The number of halogens is 1. The van der Waals surface area contributed by atoms with Gasteiger partial charge in [0.1, 0.15) is 10.6 Å². The summed E-state index contributed by atoms with van der Waals surface area (Å²) in [6.07, 6.45) is 0.233. The van der Waals surface area contributed by atoms with Crippen molar-refractivity contribution in [3.63, 3.8) is 0 Å². The van der Waals surface area contributed by atoms with Crippen LogP contribution in [-0.2, 0) is 26.6 Å². The Morgan fingerprint density at radius 2 is 1.73 bits per heavy atom. The number of carbonyl (C=O) groups excluding carboxylic acids is 2. The molecule has 1 saturated heterocycles. The normalized spacial score (nSPS) is 14.9. The molecule has 4 rings (SSSR count). The molecule has 1 aliphatic heterocycles. The molecule has 2 aromatic carbocycles. The number of amides is 1. The van der Waals surface area contributed by atoms with Gasteiger partial charge in [-0.15, -0.1) is 0 Å². The average molecular weight is 547 g/mol. The standard InChI is InChI=1S/C25H27ClN4O6S/c1-16-22(24(32)30(28(16)3)19-9-5-4-6-10-19)27-23(31)17(2)36-25(33)18-11-12-20(26)21(15-18)37(34,35)29-13-7-8-14-29/h4-6,9-12,15,17H,7-8,13-14H2,1-3H3,(H,27,31). The van der Waals surface area contributed by atoms with Crippen LogP contribution in [0.5, 0.6) is 0 Å². The van der Waals surface area contributed by atoms with Crippen molar-refractivity contribution in [1.82, 2.24) is 13.7 Å². The minimum Gasteiger partial charge on any atom is -0.449 e. The maximum absolute atomic E-state index is 13.0. The molecule has 1 fully saturated rings. The predicted octanol–water partition coefficient (Wildman–Crippen LogP) is 3.11. The van der Waals surface area contributed by atoms with Crippen LogP contribution in [0.2, 0.25) is 5.02 Å². The van der Waals surface area contributed by atoms with Gasteiger partial charge in [-0.25, -0.2) is 17.9 Å². The van der Waals surface area contributed by atoms with Gasteiger partial charge in [0.05, 0.1) is 22.0 Å². The molecule has 196 valence electrons. The molecule has 1 atom stereocenters. The maximum Gasteiger partial charge on any atom is 0.338 e. The smallest absolute Gasteiger partial charge is 0.338 e. The highest BCUT2D eigenvalue weighted by Crippen LogP contribution is 2.28. The van der Waals surface area contributed by atoms with Gasteiger partial charge >= 0.3 is 5.97 Å². The third kappa shape index (κ3) is 5.20. The molecule has 0 bridgehead atoms. The van der Waals surface area contributed by atoms with Crippen LogP contribution in [0.4, 0.5) is 5.69 Å². The first-order chi connectivity index (χ1) is 17.5. The first-order valence-corrected chi connectivity index (χ1v) is 13.5. The van der Waals surface area contributed by atoms with Gasteiger partial charge in [-0.2, -0.15) is 4.31 Å². The third-order valence-electron chi connectivity index (χ3n) is 6.31. The van der Waals surface area contributed by atoms with Crippen molar-refractivity contribution < 1.29 is 22.7 Å². The summed E-state index contributed by atoms with van der Waals surface area (Å²) in [5, 5.41) is 2.54. The lowest BCUT2D eigenvalue weighted by Crippen LogP contribution is -2.32. The lowest BCUT2D eigenvalue weighted by atomic mass is 10.2. The predicted molar refractivity (Wildman–Crippen MR) is 139 cm³/mol. The molecule has 0 spiro atoms. The number of hydrogen-bond acceptors (Lipinski definition) is 6. The van der Waals surface area contributed by atoms with Gasteiger partial charge in [0.25, 0.3) is 11.5 Å². The van der Waals surface area contributed by atoms with Crippen LogP contribution in [0.3, 0.4) is 0 Å². The number of nitrogens with zero attached hydrogens (tertiary/aromatic N) is 3. The van der Waals surface area contributed by atoms with Crippen LogP contribution < -0.4 is 10.9 Å². The molecule has 1 unspecified atom stereocenters. The zero-order valence-corrected chi connectivity index (χ0v) is 22.2. The molecule has 37 heavy (non-hydrogen) atoms. The molecule has 1 aromatic heterocycles. The van der Waals surface area contributed by atoms with Gasteiger partial charge in [0.15, 0.2) is 6.10 Å². The highest BCUT2D eigenvalue weighted by atomic mass is 35.5. The number of carbonyl (C=O) groups is 2. The fourth-order valence-corrected chi connectivity index (χ4v) is 6.13. The number of anilines is 1. The number of ether oxygens (including phenoxy) is 1. The van der Waals surface area contributed by atoms with Gasteiger partial charge < -0.3 is 10.1 Å². The number of hydrogen-bond donors (Lipinski definition) is 1. The third-order valence-corrected chi connectivity index (χ3v) is 8.69. The lowest BCUT2D eigenvalue weighted by molar-refractivity contribution is -0.123. The molecule has 1 amide bonds. The van der Waals surface area contributed by atoms with Crippen molar-refractivity contribution in [3.05, 3.63) is 75.2 Å². The van der Waals surface area contributed by atoms with Crippen LogP contribution >= 0.6 is 11.6 Å². The molecule has 3 aromatic rings. The number of aromatic nitrogens is 2. The Kier molecular flexibility index (Phi) is 7.58. The Bertz CT molecular complexity index is 1510. The van der Waals surface area contributed by atoms with Crippen molar-refractivity contribution in [3.8, 4) is 5.69 Å².